The van der Waals surface area contributed by atoms with Crippen molar-refractivity contribution in [2.75, 3.05) is 0 Å². The molecule has 2 heteroatoms. The summed E-state index contributed by atoms with van der Waals surface area (Å²) in [6.07, 6.45) is 5.09. The largest absolute Gasteiger partial charge is 0.251 e. The van der Waals surface area contributed by atoms with Crippen LogP contribution in [0.4, 0.5) is 0 Å². The number of rotatable bonds is 3. The Labute approximate surface area is 181 Å². The fraction of sp³-hybridized carbons (Fsp3) is 0.643. The van der Waals surface area contributed by atoms with Crippen LogP contribution >= 0.6 is 0 Å². The minimum absolute atomic E-state index is 0.434. The maximum absolute atomic E-state index is 5.28. The molecule has 0 saturated heterocycles. The third-order valence-electron chi connectivity index (χ3n) is 10.2. The molecule has 0 radical (unpaired) electrons. The van der Waals surface area contributed by atoms with Gasteiger partial charge in [0, 0.05) is 23.2 Å². The molecule has 8 rings (SSSR count). The highest BCUT2D eigenvalue weighted by Crippen LogP contribution is 2.68. The molecule has 2 aromatic heterocycles. The van der Waals surface area contributed by atoms with Crippen LogP contribution in [-0.2, 0) is 0 Å². The molecule has 0 spiro atoms. The van der Waals surface area contributed by atoms with Crippen LogP contribution in [0, 0.1) is 22.7 Å². The molecule has 2 heterocycles. The molecule has 0 N–H and O–H groups in total. The first kappa shape index (κ1) is 19.0. The van der Waals surface area contributed by atoms with Crippen LogP contribution in [-0.4, -0.2) is 9.97 Å². The molecule has 2 aromatic rings. The predicted octanol–water partition coefficient (Wildman–Crippen LogP) is 7.42. The second-order valence-corrected chi connectivity index (χ2v) is 11.8. The summed E-state index contributed by atoms with van der Waals surface area (Å²) in [6, 6.07) is 9.29. The van der Waals surface area contributed by atoms with Crippen molar-refractivity contribution in [1.82, 2.24) is 9.97 Å². The molecule has 30 heavy (non-hydrogen) atoms. The van der Waals surface area contributed by atoms with Gasteiger partial charge < -0.3 is 0 Å². The number of aromatic nitrogens is 2. The second kappa shape index (κ2) is 5.96. The lowest BCUT2D eigenvalue weighted by atomic mass is 9.44. The van der Waals surface area contributed by atoms with Gasteiger partial charge >= 0.3 is 0 Å². The number of pyridine rings is 2. The third kappa shape index (κ3) is 2.16. The zero-order chi connectivity index (χ0) is 21.0. The average Bonchev–Trinajstić information content (AvgIpc) is 2.75. The molecule has 4 bridgehead atoms. The first-order valence-electron chi connectivity index (χ1n) is 12.3. The van der Waals surface area contributed by atoms with Crippen LogP contribution < -0.4 is 0 Å². The first-order chi connectivity index (χ1) is 14.3. The highest BCUT2D eigenvalue weighted by molar-refractivity contribution is 5.59. The van der Waals surface area contributed by atoms with E-state index in [-0.39, 0.29) is 0 Å². The molecule has 0 aromatic carbocycles. The lowest BCUT2D eigenvalue weighted by Gasteiger charge is -2.60. The summed E-state index contributed by atoms with van der Waals surface area (Å²) in [5, 5.41) is 0. The summed E-state index contributed by atoms with van der Waals surface area (Å²) in [7, 11) is 0. The summed E-state index contributed by atoms with van der Waals surface area (Å²) in [5.41, 5.74) is 8.84. The zero-order valence-corrected chi connectivity index (χ0v) is 19.5. The zero-order valence-electron chi connectivity index (χ0n) is 19.5. The topological polar surface area (TPSA) is 25.8 Å². The van der Waals surface area contributed by atoms with Crippen LogP contribution in [0.1, 0.15) is 113 Å². The van der Waals surface area contributed by atoms with Crippen LogP contribution in [0.5, 0.6) is 0 Å². The van der Waals surface area contributed by atoms with Crippen LogP contribution in [0.15, 0.2) is 24.3 Å². The Hall–Kier alpha value is -1.70. The Balaban J connectivity index is 1.42. The van der Waals surface area contributed by atoms with Gasteiger partial charge in [0.2, 0.25) is 0 Å². The normalized spacial score (nSPS) is 36.2. The van der Waals surface area contributed by atoms with Crippen molar-refractivity contribution < 1.29 is 0 Å². The lowest BCUT2D eigenvalue weighted by molar-refractivity contribution is -0.00873. The SMILES string of the molecule is CC[C@@H]1c2nc(-c3ccc4c(n3)[C@@H](CC)[C@H]3C[C@@H]4C3(C)C)ccc2[C@@H]2C[C@H]1C2(C)C. The Kier molecular flexibility index (Phi) is 3.78. The molecule has 0 aliphatic heterocycles. The average molecular weight is 401 g/mol. The minimum Gasteiger partial charge on any atom is -0.251 e. The molecule has 158 valence electrons. The third-order valence-corrected chi connectivity index (χ3v) is 10.2. The number of hydrogen-bond acceptors (Lipinski definition) is 2. The van der Waals surface area contributed by atoms with E-state index in [0.29, 0.717) is 34.5 Å². The lowest BCUT2D eigenvalue weighted by Crippen LogP contribution is -2.50. The highest BCUT2D eigenvalue weighted by Gasteiger charge is 2.58. The molecule has 2 fully saturated rings. The molecule has 0 amide bonds. The molecule has 6 aliphatic carbocycles. The molecular formula is C28H36N2. The second-order valence-electron chi connectivity index (χ2n) is 11.8. The standard InChI is InChI=1S/C28H36N2/c1-7-15-19-13-21(27(19,3)4)17-9-11-23(29-25(15)17)24-12-10-18-22-14-20(28(22,5)6)16(8-2)26(18)30-24/h9-12,15-16,19-22H,7-8,13-14H2,1-6H3/t15-,16-,19+,20+,21-,22-/m0/s1. The molecule has 2 nitrogen and oxygen atoms in total. The predicted molar refractivity (Wildman–Crippen MR) is 123 cm³/mol. The van der Waals surface area contributed by atoms with E-state index in [4.69, 9.17) is 9.97 Å². The van der Waals surface area contributed by atoms with Gasteiger partial charge in [-0.2, -0.15) is 0 Å². The Bertz CT molecular complexity index is 949. The maximum atomic E-state index is 5.28. The minimum atomic E-state index is 0.434. The van der Waals surface area contributed by atoms with Crippen molar-refractivity contribution in [2.45, 2.75) is 90.9 Å². The highest BCUT2D eigenvalue weighted by atomic mass is 14.8. The summed E-state index contributed by atoms with van der Waals surface area (Å²) in [4.78, 5) is 10.6. The van der Waals surface area contributed by atoms with E-state index in [1.165, 1.54) is 48.2 Å². The molecule has 6 atom stereocenters. The number of hydrogen-bond donors (Lipinski definition) is 0. The Morgan fingerprint density at radius 2 is 1.10 bits per heavy atom. The molecular weight excluding hydrogens is 364 g/mol. The van der Waals surface area contributed by atoms with Crippen molar-refractivity contribution in [1.29, 1.82) is 0 Å². The van der Waals surface area contributed by atoms with Crippen molar-refractivity contribution in [3.05, 3.63) is 46.8 Å². The van der Waals surface area contributed by atoms with Crippen molar-refractivity contribution >= 4 is 0 Å². The van der Waals surface area contributed by atoms with Gasteiger partial charge in [0.1, 0.15) is 0 Å². The van der Waals surface area contributed by atoms with E-state index in [0.717, 1.165) is 23.2 Å². The van der Waals surface area contributed by atoms with Crippen LogP contribution in [0.2, 0.25) is 0 Å². The van der Waals surface area contributed by atoms with E-state index in [1.807, 2.05) is 0 Å². The van der Waals surface area contributed by atoms with E-state index in [2.05, 4.69) is 65.8 Å². The van der Waals surface area contributed by atoms with Crippen molar-refractivity contribution in [2.24, 2.45) is 22.7 Å². The van der Waals surface area contributed by atoms with Crippen molar-refractivity contribution in [3.8, 4) is 11.4 Å². The smallest absolute Gasteiger partial charge is 0.0889 e. The molecule has 0 unspecified atom stereocenters. The van der Waals surface area contributed by atoms with Gasteiger partial charge in [-0.1, -0.05) is 53.7 Å². The van der Waals surface area contributed by atoms with Gasteiger partial charge in [-0.15, -0.1) is 0 Å². The van der Waals surface area contributed by atoms with E-state index in [1.54, 1.807) is 0 Å². The summed E-state index contributed by atoms with van der Waals surface area (Å²) < 4.78 is 0. The number of nitrogens with zero attached hydrogens (tertiary/aromatic N) is 2. The molecule has 6 aliphatic rings. The fourth-order valence-electron chi connectivity index (χ4n) is 8.12. The van der Waals surface area contributed by atoms with Gasteiger partial charge in [-0.25, -0.2) is 0 Å². The van der Waals surface area contributed by atoms with Gasteiger partial charge in [-0.05, 0) is 83.4 Å². The monoisotopic (exact) mass is 400 g/mol. The van der Waals surface area contributed by atoms with E-state index < -0.39 is 0 Å². The summed E-state index contributed by atoms with van der Waals surface area (Å²) in [6.45, 7) is 14.5. The first-order valence-corrected chi connectivity index (χ1v) is 12.3. The maximum Gasteiger partial charge on any atom is 0.0889 e. The summed E-state index contributed by atoms with van der Waals surface area (Å²) in [5.74, 6) is 4.18. The molecule has 2 saturated carbocycles. The van der Waals surface area contributed by atoms with Crippen molar-refractivity contribution in [3.63, 3.8) is 0 Å². The Morgan fingerprint density at radius 1 is 0.700 bits per heavy atom. The van der Waals surface area contributed by atoms with Crippen LogP contribution in [0.25, 0.3) is 11.4 Å². The van der Waals surface area contributed by atoms with Gasteiger partial charge in [0.15, 0.2) is 0 Å². The fourth-order valence-corrected chi connectivity index (χ4v) is 8.12. The quantitative estimate of drug-likeness (QED) is 0.536. The van der Waals surface area contributed by atoms with Gasteiger partial charge in [0.25, 0.3) is 0 Å². The van der Waals surface area contributed by atoms with Gasteiger partial charge in [-0.3, -0.25) is 9.97 Å². The van der Waals surface area contributed by atoms with E-state index >= 15 is 0 Å². The van der Waals surface area contributed by atoms with Crippen LogP contribution in [0.3, 0.4) is 0 Å². The van der Waals surface area contributed by atoms with Gasteiger partial charge in [0.05, 0.1) is 11.4 Å². The Morgan fingerprint density at radius 3 is 1.43 bits per heavy atom. The summed E-state index contributed by atoms with van der Waals surface area (Å²) >= 11 is 0. The van der Waals surface area contributed by atoms with E-state index in [9.17, 15) is 0 Å².